The molecule has 1 heterocycles. The molecule has 1 saturated carbocycles. The van der Waals surface area contributed by atoms with Crippen LogP contribution in [0.4, 0.5) is 0 Å². The van der Waals surface area contributed by atoms with Gasteiger partial charge in [-0.1, -0.05) is 40.0 Å². The van der Waals surface area contributed by atoms with Crippen LogP contribution in [0.1, 0.15) is 77.5 Å². The van der Waals surface area contributed by atoms with Crippen molar-refractivity contribution < 1.29 is 5.11 Å². The quantitative estimate of drug-likeness (QED) is 0.880. The first-order chi connectivity index (χ1) is 9.47. The van der Waals surface area contributed by atoms with Gasteiger partial charge in [0.15, 0.2) is 0 Å². The maximum absolute atomic E-state index is 10.0. The Hall–Kier alpha value is -0.830. The van der Waals surface area contributed by atoms with Crippen molar-refractivity contribution in [3.8, 4) is 0 Å². The summed E-state index contributed by atoms with van der Waals surface area (Å²) >= 11 is 0. The maximum Gasteiger partial charge on any atom is 0.0624 e. The topological polar surface area (TPSA) is 38.0 Å². The normalized spacial score (nSPS) is 19.2. The number of aromatic nitrogens is 2. The SMILES string of the molecule is CC(C)(C)C(O)CCCc1ccn(C2CCCCC2)n1. The van der Waals surface area contributed by atoms with E-state index < -0.39 is 0 Å². The van der Waals surface area contributed by atoms with Crippen molar-refractivity contribution in [2.45, 2.75) is 84.3 Å². The van der Waals surface area contributed by atoms with Crippen LogP contribution >= 0.6 is 0 Å². The van der Waals surface area contributed by atoms with E-state index in [1.165, 1.54) is 37.8 Å². The molecule has 2 rings (SSSR count). The van der Waals surface area contributed by atoms with Crippen LogP contribution in [0.15, 0.2) is 12.3 Å². The molecule has 20 heavy (non-hydrogen) atoms. The Morgan fingerprint density at radius 3 is 2.65 bits per heavy atom. The third kappa shape index (κ3) is 4.34. The Morgan fingerprint density at radius 2 is 2.00 bits per heavy atom. The Balaban J connectivity index is 1.78. The lowest BCUT2D eigenvalue weighted by molar-refractivity contribution is 0.0540. The summed E-state index contributed by atoms with van der Waals surface area (Å²) in [5.41, 5.74) is 1.17. The van der Waals surface area contributed by atoms with Crippen molar-refractivity contribution in [1.82, 2.24) is 9.78 Å². The number of hydrogen-bond donors (Lipinski definition) is 1. The monoisotopic (exact) mass is 278 g/mol. The minimum Gasteiger partial charge on any atom is -0.393 e. The standard InChI is InChI=1S/C17H30N2O/c1-17(2,3)16(20)11-7-8-14-12-13-19(18-14)15-9-5-4-6-10-15/h12-13,15-16,20H,4-11H2,1-3H3. The van der Waals surface area contributed by atoms with Gasteiger partial charge < -0.3 is 5.11 Å². The summed E-state index contributed by atoms with van der Waals surface area (Å²) < 4.78 is 2.18. The summed E-state index contributed by atoms with van der Waals surface area (Å²) in [6.07, 6.45) is 11.4. The van der Waals surface area contributed by atoms with Gasteiger partial charge >= 0.3 is 0 Å². The van der Waals surface area contributed by atoms with Gasteiger partial charge in [-0.05, 0) is 43.6 Å². The zero-order valence-electron chi connectivity index (χ0n) is 13.3. The van der Waals surface area contributed by atoms with Crippen LogP contribution < -0.4 is 0 Å². The third-order valence-corrected chi connectivity index (χ3v) is 4.52. The van der Waals surface area contributed by atoms with E-state index in [1.54, 1.807) is 0 Å². The first kappa shape index (κ1) is 15.6. The molecule has 0 radical (unpaired) electrons. The lowest BCUT2D eigenvalue weighted by atomic mass is 9.86. The Kier molecular flexibility index (Phi) is 5.25. The van der Waals surface area contributed by atoms with Crippen molar-refractivity contribution in [3.63, 3.8) is 0 Å². The molecule has 0 aromatic carbocycles. The van der Waals surface area contributed by atoms with E-state index in [1.807, 2.05) is 0 Å². The van der Waals surface area contributed by atoms with Crippen LogP contribution in [-0.4, -0.2) is 21.0 Å². The molecule has 1 N–H and O–H groups in total. The molecule has 0 amide bonds. The first-order valence-electron chi connectivity index (χ1n) is 8.19. The molecular weight excluding hydrogens is 248 g/mol. The van der Waals surface area contributed by atoms with Crippen LogP contribution in [0.5, 0.6) is 0 Å². The molecule has 3 heteroatoms. The van der Waals surface area contributed by atoms with Crippen LogP contribution in [0.2, 0.25) is 0 Å². The van der Waals surface area contributed by atoms with Crippen LogP contribution in [0.3, 0.4) is 0 Å². The molecule has 0 aliphatic heterocycles. The average molecular weight is 278 g/mol. The van der Waals surface area contributed by atoms with Gasteiger partial charge in [0.1, 0.15) is 0 Å². The molecule has 1 unspecified atom stereocenters. The highest BCUT2D eigenvalue weighted by Gasteiger charge is 2.21. The van der Waals surface area contributed by atoms with Crippen molar-refractivity contribution in [2.75, 3.05) is 0 Å². The minimum atomic E-state index is -0.220. The number of hydrogen-bond acceptors (Lipinski definition) is 2. The zero-order chi connectivity index (χ0) is 14.6. The summed E-state index contributed by atoms with van der Waals surface area (Å²) in [6, 6.07) is 2.77. The van der Waals surface area contributed by atoms with Crippen LogP contribution in [0.25, 0.3) is 0 Å². The largest absolute Gasteiger partial charge is 0.393 e. The summed E-state index contributed by atoms with van der Waals surface area (Å²) in [5.74, 6) is 0. The Labute approximate surface area is 123 Å². The number of aliphatic hydroxyl groups is 1. The van der Waals surface area contributed by atoms with Gasteiger partial charge in [-0.3, -0.25) is 4.68 Å². The van der Waals surface area contributed by atoms with E-state index in [4.69, 9.17) is 5.10 Å². The van der Waals surface area contributed by atoms with Crippen LogP contribution in [-0.2, 0) is 6.42 Å². The smallest absolute Gasteiger partial charge is 0.0624 e. The lowest BCUT2D eigenvalue weighted by Crippen LogP contribution is -2.25. The van der Waals surface area contributed by atoms with E-state index in [2.05, 4.69) is 37.7 Å². The fraction of sp³-hybridized carbons (Fsp3) is 0.824. The molecule has 0 saturated heterocycles. The molecule has 1 fully saturated rings. The van der Waals surface area contributed by atoms with Crippen molar-refractivity contribution in [1.29, 1.82) is 0 Å². The summed E-state index contributed by atoms with van der Waals surface area (Å²) in [4.78, 5) is 0. The van der Waals surface area contributed by atoms with E-state index in [0.717, 1.165) is 19.3 Å². The third-order valence-electron chi connectivity index (χ3n) is 4.52. The lowest BCUT2D eigenvalue weighted by Gasteiger charge is -2.25. The summed E-state index contributed by atoms with van der Waals surface area (Å²) in [6.45, 7) is 6.28. The van der Waals surface area contributed by atoms with Crippen molar-refractivity contribution in [3.05, 3.63) is 18.0 Å². The van der Waals surface area contributed by atoms with Gasteiger partial charge in [-0.15, -0.1) is 0 Å². The fourth-order valence-electron chi connectivity index (χ4n) is 2.97. The predicted octanol–water partition coefficient (Wildman–Crippen LogP) is 4.12. The molecule has 1 aromatic rings. The molecule has 1 aliphatic carbocycles. The minimum absolute atomic E-state index is 0.0124. The van der Waals surface area contributed by atoms with Gasteiger partial charge in [0.05, 0.1) is 17.8 Å². The van der Waals surface area contributed by atoms with E-state index in [0.29, 0.717) is 6.04 Å². The number of aliphatic hydroxyl groups excluding tert-OH is 1. The molecule has 3 nitrogen and oxygen atoms in total. The first-order valence-corrected chi connectivity index (χ1v) is 8.19. The average Bonchev–Trinajstić information content (AvgIpc) is 2.87. The molecule has 114 valence electrons. The maximum atomic E-state index is 10.0. The number of nitrogens with zero attached hydrogens (tertiary/aromatic N) is 2. The highest BCUT2D eigenvalue weighted by Crippen LogP contribution is 2.27. The van der Waals surface area contributed by atoms with Gasteiger partial charge in [-0.2, -0.15) is 5.10 Å². The fourth-order valence-corrected chi connectivity index (χ4v) is 2.97. The predicted molar refractivity (Wildman–Crippen MR) is 82.7 cm³/mol. The molecule has 1 aliphatic rings. The van der Waals surface area contributed by atoms with Crippen molar-refractivity contribution in [2.24, 2.45) is 5.41 Å². The number of aryl methyl sites for hydroxylation is 1. The van der Waals surface area contributed by atoms with Crippen LogP contribution in [0, 0.1) is 5.41 Å². The molecule has 0 bridgehead atoms. The Bertz CT molecular complexity index is 399. The molecule has 1 atom stereocenters. The second-order valence-electron chi connectivity index (χ2n) is 7.35. The summed E-state index contributed by atoms with van der Waals surface area (Å²) in [7, 11) is 0. The van der Waals surface area contributed by atoms with Gasteiger partial charge in [-0.25, -0.2) is 0 Å². The summed E-state index contributed by atoms with van der Waals surface area (Å²) in [5, 5.41) is 14.8. The molecule has 0 spiro atoms. The second-order valence-corrected chi connectivity index (χ2v) is 7.35. The van der Waals surface area contributed by atoms with Gasteiger partial charge in [0.2, 0.25) is 0 Å². The number of rotatable bonds is 5. The van der Waals surface area contributed by atoms with E-state index in [9.17, 15) is 5.11 Å². The van der Waals surface area contributed by atoms with Gasteiger partial charge in [0, 0.05) is 6.20 Å². The van der Waals surface area contributed by atoms with Gasteiger partial charge in [0.25, 0.3) is 0 Å². The Morgan fingerprint density at radius 1 is 1.30 bits per heavy atom. The van der Waals surface area contributed by atoms with E-state index >= 15 is 0 Å². The van der Waals surface area contributed by atoms with E-state index in [-0.39, 0.29) is 11.5 Å². The highest BCUT2D eigenvalue weighted by molar-refractivity contribution is 5.00. The highest BCUT2D eigenvalue weighted by atomic mass is 16.3. The molecule has 1 aromatic heterocycles. The second kappa shape index (κ2) is 6.75. The zero-order valence-corrected chi connectivity index (χ0v) is 13.3. The molecular formula is C17H30N2O. The van der Waals surface area contributed by atoms with Crippen molar-refractivity contribution >= 4 is 0 Å².